The van der Waals surface area contributed by atoms with Gasteiger partial charge in [0, 0.05) is 50.7 Å². The van der Waals surface area contributed by atoms with Crippen molar-refractivity contribution in [3.05, 3.63) is 65.5 Å². The van der Waals surface area contributed by atoms with Crippen molar-refractivity contribution in [2.45, 2.75) is 32.1 Å². The third-order valence-corrected chi connectivity index (χ3v) is 7.25. The summed E-state index contributed by atoms with van der Waals surface area (Å²) in [5.41, 5.74) is 3.69. The molecule has 2 aliphatic heterocycles. The van der Waals surface area contributed by atoms with Gasteiger partial charge in [0.25, 0.3) is 0 Å². The average molecular weight is 372 g/mol. The molecular formula is C20H25N3O2S. The predicted octanol–water partition coefficient (Wildman–Crippen LogP) is 1.87. The zero-order valence-corrected chi connectivity index (χ0v) is 15.9. The summed E-state index contributed by atoms with van der Waals surface area (Å²) < 4.78 is 24.7. The molecule has 0 aliphatic carbocycles. The molecule has 2 fully saturated rings. The Hall–Kier alpha value is -1.76. The van der Waals surface area contributed by atoms with Crippen LogP contribution in [-0.2, 0) is 22.9 Å². The van der Waals surface area contributed by atoms with Crippen LogP contribution in [0.1, 0.15) is 16.7 Å². The van der Waals surface area contributed by atoms with Crippen LogP contribution in [0.5, 0.6) is 0 Å². The highest BCUT2D eigenvalue weighted by atomic mass is 32.2. The van der Waals surface area contributed by atoms with Crippen LogP contribution in [0.25, 0.3) is 0 Å². The van der Waals surface area contributed by atoms with Gasteiger partial charge in [-0.3, -0.25) is 14.8 Å². The van der Waals surface area contributed by atoms with Gasteiger partial charge < -0.3 is 0 Å². The Kier molecular flexibility index (Phi) is 4.82. The number of piperazine rings is 1. The van der Waals surface area contributed by atoms with E-state index < -0.39 is 9.84 Å². The topological polar surface area (TPSA) is 53.5 Å². The first-order chi connectivity index (χ1) is 12.5. The molecule has 2 saturated heterocycles. The predicted molar refractivity (Wildman–Crippen MR) is 102 cm³/mol. The number of fused-ring (bicyclic) bond motifs is 1. The number of rotatable bonds is 4. The molecule has 3 heterocycles. The van der Waals surface area contributed by atoms with E-state index in [0.717, 1.165) is 26.2 Å². The molecule has 6 heteroatoms. The van der Waals surface area contributed by atoms with Gasteiger partial charge in [0.15, 0.2) is 9.84 Å². The first-order valence-electron chi connectivity index (χ1n) is 9.13. The highest BCUT2D eigenvalue weighted by molar-refractivity contribution is 7.91. The van der Waals surface area contributed by atoms with Crippen LogP contribution in [0.3, 0.4) is 0 Å². The molecule has 0 saturated carbocycles. The number of hydrogen-bond acceptors (Lipinski definition) is 5. The Labute approximate surface area is 155 Å². The summed E-state index contributed by atoms with van der Waals surface area (Å²) in [6, 6.07) is 12.7. The van der Waals surface area contributed by atoms with E-state index in [9.17, 15) is 8.42 Å². The lowest BCUT2D eigenvalue weighted by Crippen LogP contribution is -2.58. The summed E-state index contributed by atoms with van der Waals surface area (Å²) >= 11 is 0. The highest BCUT2D eigenvalue weighted by Crippen LogP contribution is 2.29. The lowest BCUT2D eigenvalue weighted by molar-refractivity contribution is 0.0355. The quantitative estimate of drug-likeness (QED) is 0.821. The number of hydrogen-bond donors (Lipinski definition) is 0. The van der Waals surface area contributed by atoms with Gasteiger partial charge in [-0.05, 0) is 30.2 Å². The molecular weight excluding hydrogens is 346 g/mol. The minimum atomic E-state index is -2.98. The van der Waals surface area contributed by atoms with Crippen LogP contribution in [-0.4, -0.2) is 59.9 Å². The lowest BCUT2D eigenvalue weighted by atomic mass is 10.0. The largest absolute Gasteiger partial charge is 0.292 e. The number of aryl methyl sites for hydroxylation is 1. The van der Waals surface area contributed by atoms with Gasteiger partial charge in [-0.2, -0.15) is 0 Å². The van der Waals surface area contributed by atoms with Gasteiger partial charge in [0.1, 0.15) is 0 Å². The van der Waals surface area contributed by atoms with E-state index in [2.05, 4.69) is 46.0 Å². The van der Waals surface area contributed by atoms with Gasteiger partial charge >= 0.3 is 0 Å². The molecule has 0 N–H and O–H groups in total. The number of aromatic nitrogens is 1. The van der Waals surface area contributed by atoms with Crippen molar-refractivity contribution in [3.8, 4) is 0 Å². The van der Waals surface area contributed by atoms with Crippen LogP contribution in [0.15, 0.2) is 48.8 Å². The zero-order valence-electron chi connectivity index (χ0n) is 15.1. The van der Waals surface area contributed by atoms with Crippen LogP contribution >= 0.6 is 0 Å². The molecule has 2 atom stereocenters. The Morgan fingerprint density at radius 2 is 1.38 bits per heavy atom. The Morgan fingerprint density at radius 3 is 1.92 bits per heavy atom. The normalized spacial score (nSPS) is 25.9. The standard InChI is InChI=1S/C20H25N3O2S/c1-16-2-4-17(5-3-16)12-22-10-11-23(13-18-6-8-21-9-7-18)20-15-26(24,25)14-19(20)22/h2-9,19-20H,10-15H2,1H3/t19-,20+/m0/s1. The molecule has 0 amide bonds. The smallest absolute Gasteiger partial charge is 0.153 e. The molecule has 138 valence electrons. The van der Waals surface area contributed by atoms with Crippen molar-refractivity contribution in [2.24, 2.45) is 0 Å². The maximum atomic E-state index is 12.4. The summed E-state index contributed by atoms with van der Waals surface area (Å²) in [5.74, 6) is 0.545. The molecule has 26 heavy (non-hydrogen) atoms. The van der Waals surface area contributed by atoms with Crippen molar-refractivity contribution in [1.82, 2.24) is 14.8 Å². The molecule has 4 rings (SSSR count). The van der Waals surface area contributed by atoms with E-state index in [1.807, 2.05) is 12.1 Å². The minimum Gasteiger partial charge on any atom is -0.292 e. The van der Waals surface area contributed by atoms with Gasteiger partial charge in [-0.1, -0.05) is 29.8 Å². The van der Waals surface area contributed by atoms with Gasteiger partial charge in [0.05, 0.1) is 11.5 Å². The van der Waals surface area contributed by atoms with Crippen molar-refractivity contribution < 1.29 is 8.42 Å². The third kappa shape index (κ3) is 3.82. The number of sulfone groups is 1. The Bertz CT molecular complexity index is 852. The zero-order chi connectivity index (χ0) is 18.1. The molecule has 0 radical (unpaired) electrons. The van der Waals surface area contributed by atoms with Crippen molar-refractivity contribution in [1.29, 1.82) is 0 Å². The number of nitrogens with zero attached hydrogens (tertiary/aromatic N) is 3. The molecule has 0 unspecified atom stereocenters. The van der Waals surface area contributed by atoms with Gasteiger partial charge in [0.2, 0.25) is 0 Å². The van der Waals surface area contributed by atoms with Crippen molar-refractivity contribution >= 4 is 9.84 Å². The van der Waals surface area contributed by atoms with Gasteiger partial charge in [-0.25, -0.2) is 8.42 Å². The summed E-state index contributed by atoms with van der Waals surface area (Å²) in [6.45, 7) is 5.49. The van der Waals surface area contributed by atoms with E-state index in [1.165, 1.54) is 16.7 Å². The monoisotopic (exact) mass is 371 g/mol. The SMILES string of the molecule is Cc1ccc(CN2CCN(Cc3ccncc3)[C@@H]3CS(=O)(=O)C[C@@H]32)cc1. The molecule has 2 aromatic rings. The maximum Gasteiger partial charge on any atom is 0.153 e. The minimum absolute atomic E-state index is 0.0763. The lowest BCUT2D eigenvalue weighted by Gasteiger charge is -2.44. The second-order valence-electron chi connectivity index (χ2n) is 7.49. The number of benzene rings is 1. The van der Waals surface area contributed by atoms with Crippen LogP contribution < -0.4 is 0 Å². The van der Waals surface area contributed by atoms with Crippen molar-refractivity contribution in [2.75, 3.05) is 24.6 Å². The van der Waals surface area contributed by atoms with Crippen LogP contribution in [0.2, 0.25) is 0 Å². The van der Waals surface area contributed by atoms with E-state index in [1.54, 1.807) is 12.4 Å². The van der Waals surface area contributed by atoms with E-state index in [-0.39, 0.29) is 23.6 Å². The fourth-order valence-electron chi connectivity index (χ4n) is 4.14. The summed E-state index contributed by atoms with van der Waals surface area (Å²) in [5, 5.41) is 0. The molecule has 0 spiro atoms. The maximum absolute atomic E-state index is 12.4. The first kappa shape index (κ1) is 17.6. The second-order valence-corrected chi connectivity index (χ2v) is 9.65. The number of pyridine rings is 1. The second kappa shape index (κ2) is 7.10. The fraction of sp³-hybridized carbons (Fsp3) is 0.450. The molecule has 5 nitrogen and oxygen atoms in total. The summed E-state index contributed by atoms with van der Waals surface area (Å²) in [7, 11) is -2.98. The summed E-state index contributed by atoms with van der Waals surface area (Å²) in [4.78, 5) is 8.78. The Morgan fingerprint density at radius 1 is 0.885 bits per heavy atom. The summed E-state index contributed by atoms with van der Waals surface area (Å²) in [6.07, 6.45) is 3.59. The fourth-order valence-corrected chi connectivity index (χ4v) is 6.18. The molecule has 2 aliphatic rings. The molecule has 1 aromatic carbocycles. The third-order valence-electron chi connectivity index (χ3n) is 5.55. The molecule has 0 bridgehead atoms. The van der Waals surface area contributed by atoms with Gasteiger partial charge in [-0.15, -0.1) is 0 Å². The van der Waals surface area contributed by atoms with E-state index in [0.29, 0.717) is 0 Å². The first-order valence-corrected chi connectivity index (χ1v) is 11.0. The Balaban J connectivity index is 1.52. The van der Waals surface area contributed by atoms with Crippen LogP contribution in [0, 0.1) is 6.92 Å². The van der Waals surface area contributed by atoms with E-state index in [4.69, 9.17) is 0 Å². The average Bonchev–Trinajstić information content (AvgIpc) is 2.96. The molecule has 1 aromatic heterocycles. The highest BCUT2D eigenvalue weighted by Gasteiger charge is 2.46. The van der Waals surface area contributed by atoms with E-state index >= 15 is 0 Å². The van der Waals surface area contributed by atoms with Crippen LogP contribution in [0.4, 0.5) is 0 Å². The van der Waals surface area contributed by atoms with Crippen molar-refractivity contribution in [3.63, 3.8) is 0 Å².